The van der Waals surface area contributed by atoms with Gasteiger partial charge in [-0.1, -0.05) is 30.3 Å². The molecule has 2 atom stereocenters. The minimum Gasteiger partial charge on any atom is -0.368 e. The molecule has 2 N–H and O–H groups in total. The topological polar surface area (TPSA) is 77.0 Å². The molecule has 1 aliphatic rings. The van der Waals surface area contributed by atoms with E-state index in [4.69, 9.17) is 5.73 Å². The summed E-state index contributed by atoms with van der Waals surface area (Å²) in [5, 5.41) is 4.17. The molecule has 2 heterocycles. The Morgan fingerprint density at radius 1 is 1.36 bits per heavy atom. The standard InChI is InChI=1S/C16H21N5O/c17-16(22)15(14-6-2-1-3-7-14)20-8-4-5-13(9-20)10-21-12-18-11-19-21/h1-3,6-7,11-13,15H,4-5,8-10H2,(H2,17,22)/t13-,15-/m0/s1. The summed E-state index contributed by atoms with van der Waals surface area (Å²) in [6.45, 7) is 2.58. The number of amides is 1. The zero-order valence-electron chi connectivity index (χ0n) is 12.5. The largest absolute Gasteiger partial charge is 0.368 e. The molecule has 1 fully saturated rings. The van der Waals surface area contributed by atoms with Crippen LogP contribution in [0.4, 0.5) is 0 Å². The Labute approximate surface area is 129 Å². The van der Waals surface area contributed by atoms with Gasteiger partial charge in [-0.3, -0.25) is 14.4 Å². The number of carbonyl (C=O) groups excluding carboxylic acids is 1. The molecule has 1 aliphatic heterocycles. The van der Waals surface area contributed by atoms with Gasteiger partial charge in [-0.2, -0.15) is 5.10 Å². The molecular formula is C16H21N5O. The smallest absolute Gasteiger partial charge is 0.239 e. The van der Waals surface area contributed by atoms with Gasteiger partial charge >= 0.3 is 0 Å². The maximum atomic E-state index is 12.0. The Kier molecular flexibility index (Phi) is 4.48. The van der Waals surface area contributed by atoms with Gasteiger partial charge in [0.1, 0.15) is 18.7 Å². The van der Waals surface area contributed by atoms with Crippen molar-refractivity contribution in [1.82, 2.24) is 19.7 Å². The van der Waals surface area contributed by atoms with E-state index in [-0.39, 0.29) is 11.9 Å². The van der Waals surface area contributed by atoms with Crippen molar-refractivity contribution in [2.75, 3.05) is 13.1 Å². The fourth-order valence-electron chi connectivity index (χ4n) is 3.26. The summed E-state index contributed by atoms with van der Waals surface area (Å²) in [4.78, 5) is 18.2. The third-order valence-electron chi connectivity index (χ3n) is 4.21. The van der Waals surface area contributed by atoms with Crippen LogP contribution in [0.2, 0.25) is 0 Å². The monoisotopic (exact) mass is 299 g/mol. The van der Waals surface area contributed by atoms with E-state index in [1.54, 1.807) is 12.7 Å². The molecule has 6 nitrogen and oxygen atoms in total. The molecule has 22 heavy (non-hydrogen) atoms. The summed E-state index contributed by atoms with van der Waals surface area (Å²) >= 11 is 0. The number of benzene rings is 1. The van der Waals surface area contributed by atoms with Gasteiger partial charge in [0, 0.05) is 13.1 Å². The zero-order chi connectivity index (χ0) is 15.4. The lowest BCUT2D eigenvalue weighted by Crippen LogP contribution is -2.44. The predicted octanol–water partition coefficient (Wildman–Crippen LogP) is 1.22. The average molecular weight is 299 g/mol. The van der Waals surface area contributed by atoms with Crippen molar-refractivity contribution in [1.29, 1.82) is 0 Å². The highest BCUT2D eigenvalue weighted by atomic mass is 16.1. The number of likely N-dealkylation sites (tertiary alicyclic amines) is 1. The number of hydrogen-bond acceptors (Lipinski definition) is 4. The SMILES string of the molecule is NC(=O)[C@H](c1ccccc1)N1CCC[C@H](Cn2cncn2)C1. The molecule has 2 aromatic rings. The molecule has 0 radical (unpaired) electrons. The Balaban J connectivity index is 1.73. The Morgan fingerprint density at radius 3 is 2.86 bits per heavy atom. The quantitative estimate of drug-likeness (QED) is 0.900. The molecule has 3 rings (SSSR count). The predicted molar refractivity (Wildman–Crippen MR) is 82.7 cm³/mol. The van der Waals surface area contributed by atoms with Crippen LogP contribution in [0, 0.1) is 5.92 Å². The second-order valence-corrected chi connectivity index (χ2v) is 5.84. The van der Waals surface area contributed by atoms with Crippen molar-refractivity contribution in [3.63, 3.8) is 0 Å². The van der Waals surface area contributed by atoms with Crippen molar-refractivity contribution >= 4 is 5.91 Å². The summed E-state index contributed by atoms with van der Waals surface area (Å²) in [6.07, 6.45) is 5.49. The molecule has 0 unspecified atom stereocenters. The van der Waals surface area contributed by atoms with Crippen LogP contribution in [-0.4, -0.2) is 38.7 Å². The molecule has 1 aromatic carbocycles. The highest BCUT2D eigenvalue weighted by molar-refractivity contribution is 5.81. The third kappa shape index (κ3) is 3.33. The number of nitrogens with two attached hydrogens (primary N) is 1. The summed E-state index contributed by atoms with van der Waals surface area (Å²) in [7, 11) is 0. The summed E-state index contributed by atoms with van der Waals surface area (Å²) in [5.41, 5.74) is 6.64. The molecule has 6 heteroatoms. The Morgan fingerprint density at radius 2 is 2.18 bits per heavy atom. The lowest BCUT2D eigenvalue weighted by atomic mass is 9.94. The second-order valence-electron chi connectivity index (χ2n) is 5.84. The van der Waals surface area contributed by atoms with Gasteiger partial charge in [0.25, 0.3) is 0 Å². The first-order valence-electron chi connectivity index (χ1n) is 7.65. The van der Waals surface area contributed by atoms with Crippen LogP contribution in [0.15, 0.2) is 43.0 Å². The highest BCUT2D eigenvalue weighted by Gasteiger charge is 2.30. The van der Waals surface area contributed by atoms with Crippen LogP contribution < -0.4 is 5.73 Å². The average Bonchev–Trinajstić information content (AvgIpc) is 3.01. The molecule has 0 saturated carbocycles. The maximum Gasteiger partial charge on any atom is 0.239 e. The van der Waals surface area contributed by atoms with Crippen molar-refractivity contribution in [2.45, 2.75) is 25.4 Å². The van der Waals surface area contributed by atoms with E-state index in [0.717, 1.165) is 38.0 Å². The first-order chi connectivity index (χ1) is 10.7. The van der Waals surface area contributed by atoms with Gasteiger partial charge in [-0.25, -0.2) is 4.98 Å². The summed E-state index contributed by atoms with van der Waals surface area (Å²) < 4.78 is 1.86. The molecule has 0 aliphatic carbocycles. The molecule has 0 bridgehead atoms. The van der Waals surface area contributed by atoms with E-state index in [1.807, 2.05) is 35.0 Å². The first kappa shape index (κ1) is 14.7. The number of carbonyl (C=O) groups is 1. The minimum atomic E-state index is -0.347. The maximum absolute atomic E-state index is 12.0. The molecule has 1 amide bonds. The highest BCUT2D eigenvalue weighted by Crippen LogP contribution is 2.27. The number of primary amides is 1. The number of aromatic nitrogens is 3. The van der Waals surface area contributed by atoms with Crippen LogP contribution in [0.3, 0.4) is 0 Å². The van der Waals surface area contributed by atoms with Crippen molar-refractivity contribution in [2.24, 2.45) is 11.7 Å². The van der Waals surface area contributed by atoms with Gasteiger partial charge in [-0.05, 0) is 30.9 Å². The van der Waals surface area contributed by atoms with Crippen LogP contribution in [-0.2, 0) is 11.3 Å². The van der Waals surface area contributed by atoms with Crippen LogP contribution in [0.1, 0.15) is 24.4 Å². The van der Waals surface area contributed by atoms with Crippen molar-refractivity contribution in [3.05, 3.63) is 48.5 Å². The fourth-order valence-corrected chi connectivity index (χ4v) is 3.26. The van der Waals surface area contributed by atoms with E-state index in [9.17, 15) is 4.79 Å². The first-order valence-corrected chi connectivity index (χ1v) is 7.65. The van der Waals surface area contributed by atoms with Gasteiger partial charge in [0.2, 0.25) is 5.91 Å². The van der Waals surface area contributed by atoms with Crippen LogP contribution >= 0.6 is 0 Å². The molecule has 1 aromatic heterocycles. The van der Waals surface area contributed by atoms with Crippen molar-refractivity contribution < 1.29 is 4.79 Å². The molecule has 116 valence electrons. The van der Waals surface area contributed by atoms with E-state index >= 15 is 0 Å². The van der Waals surface area contributed by atoms with Crippen LogP contribution in [0.25, 0.3) is 0 Å². The number of rotatable bonds is 5. The van der Waals surface area contributed by atoms with E-state index in [2.05, 4.69) is 15.0 Å². The van der Waals surface area contributed by atoms with Gasteiger partial charge in [0.15, 0.2) is 0 Å². The Hall–Kier alpha value is -2.21. The number of nitrogens with zero attached hydrogens (tertiary/aromatic N) is 4. The fraction of sp³-hybridized carbons (Fsp3) is 0.438. The number of piperidine rings is 1. The van der Waals surface area contributed by atoms with E-state index < -0.39 is 0 Å². The lowest BCUT2D eigenvalue weighted by molar-refractivity contribution is -0.124. The summed E-state index contributed by atoms with van der Waals surface area (Å²) in [6, 6.07) is 9.43. The number of hydrogen-bond donors (Lipinski definition) is 1. The van der Waals surface area contributed by atoms with E-state index in [0.29, 0.717) is 5.92 Å². The molecule has 1 saturated heterocycles. The van der Waals surface area contributed by atoms with Gasteiger partial charge < -0.3 is 5.73 Å². The Bertz CT molecular complexity index is 598. The lowest BCUT2D eigenvalue weighted by Gasteiger charge is -2.37. The van der Waals surface area contributed by atoms with Crippen molar-refractivity contribution in [3.8, 4) is 0 Å². The normalized spacial score (nSPS) is 20.6. The minimum absolute atomic E-state index is 0.285. The van der Waals surface area contributed by atoms with Gasteiger partial charge in [-0.15, -0.1) is 0 Å². The van der Waals surface area contributed by atoms with Gasteiger partial charge in [0.05, 0.1) is 0 Å². The summed E-state index contributed by atoms with van der Waals surface area (Å²) in [5.74, 6) is 0.175. The second kappa shape index (κ2) is 6.70. The molecular weight excluding hydrogens is 278 g/mol. The zero-order valence-corrected chi connectivity index (χ0v) is 12.5. The third-order valence-corrected chi connectivity index (χ3v) is 4.21. The van der Waals surface area contributed by atoms with E-state index in [1.165, 1.54) is 0 Å². The van der Waals surface area contributed by atoms with Crippen LogP contribution in [0.5, 0.6) is 0 Å². The molecule has 0 spiro atoms.